The van der Waals surface area contributed by atoms with Crippen molar-refractivity contribution < 1.29 is 93.8 Å². The Bertz CT molecular complexity index is 1190. The van der Waals surface area contributed by atoms with Crippen LogP contribution in [0.4, 0.5) is 0 Å². The van der Waals surface area contributed by atoms with E-state index >= 15 is 0 Å². The largest absolute Gasteiger partial charge is 0.481 e. The van der Waals surface area contributed by atoms with Gasteiger partial charge in [0.15, 0.2) is 25.2 Å². The average molecular weight is 829 g/mol. The monoisotopic (exact) mass is 828 g/mol. The molecule has 0 bridgehead atoms. The van der Waals surface area contributed by atoms with Gasteiger partial charge in [-0.05, 0) is 47.0 Å². The molecule has 0 aromatic rings. The topological polar surface area (TPSA) is 293 Å². The van der Waals surface area contributed by atoms with Gasteiger partial charge in [-0.15, -0.1) is 0 Å². The Kier molecular flexibility index (Phi) is 19.2. The molecule has 4 saturated heterocycles. The van der Waals surface area contributed by atoms with Crippen molar-refractivity contribution in [3.05, 3.63) is 0 Å². The molecule has 334 valence electrons. The second-order valence-corrected chi connectivity index (χ2v) is 16.0. The van der Waals surface area contributed by atoms with E-state index < -0.39 is 129 Å². The Morgan fingerprint density at radius 2 is 0.895 bits per heavy atom. The van der Waals surface area contributed by atoms with Crippen LogP contribution in [0.1, 0.15) is 105 Å². The van der Waals surface area contributed by atoms with Gasteiger partial charge in [-0.3, -0.25) is 4.79 Å². The molecular formula is C38H68O19. The lowest BCUT2D eigenvalue weighted by molar-refractivity contribution is -0.406. The van der Waals surface area contributed by atoms with Gasteiger partial charge in [-0.2, -0.15) is 0 Å². The molecule has 21 atom stereocenters. The summed E-state index contributed by atoms with van der Waals surface area (Å²) in [6, 6.07) is 0. The van der Waals surface area contributed by atoms with Crippen molar-refractivity contribution in [2.75, 3.05) is 0 Å². The van der Waals surface area contributed by atoms with E-state index in [0.29, 0.717) is 19.3 Å². The summed E-state index contributed by atoms with van der Waals surface area (Å²) in [5, 5.41) is 106. The molecule has 10 N–H and O–H groups in total. The lowest BCUT2D eigenvalue weighted by atomic mass is 9.96. The second-order valence-electron chi connectivity index (χ2n) is 16.0. The molecule has 0 aromatic heterocycles. The van der Waals surface area contributed by atoms with E-state index in [1.54, 1.807) is 6.92 Å². The van der Waals surface area contributed by atoms with Gasteiger partial charge in [-0.1, -0.05) is 51.9 Å². The zero-order valence-corrected chi connectivity index (χ0v) is 33.5. The summed E-state index contributed by atoms with van der Waals surface area (Å²) in [5.74, 6) is -0.788. The predicted molar refractivity (Wildman–Crippen MR) is 195 cm³/mol. The SMILES string of the molecule is CCCC(CCCCCCCCCC(=O)O)OC1OC(C)C(O)C(O)C1OC1OC(C)C(O)C(OC2OC(C)C(O)C(O)C2O)C1OC1OC(C)C(O)C(O)C1O. The first kappa shape index (κ1) is 48.5. The number of ether oxygens (including phenoxy) is 8. The van der Waals surface area contributed by atoms with Crippen molar-refractivity contribution in [2.45, 2.75) is 234 Å². The number of unbranched alkanes of at least 4 members (excludes halogenated alkanes) is 6. The van der Waals surface area contributed by atoms with Crippen LogP contribution in [0.2, 0.25) is 0 Å². The molecule has 4 aliphatic rings. The van der Waals surface area contributed by atoms with Gasteiger partial charge in [0, 0.05) is 6.42 Å². The lowest BCUT2D eigenvalue weighted by Gasteiger charge is -2.50. The fourth-order valence-corrected chi connectivity index (χ4v) is 7.69. The van der Waals surface area contributed by atoms with E-state index in [-0.39, 0.29) is 12.5 Å². The third kappa shape index (κ3) is 12.7. The van der Waals surface area contributed by atoms with E-state index in [1.165, 1.54) is 20.8 Å². The zero-order chi connectivity index (χ0) is 42.1. The van der Waals surface area contributed by atoms with E-state index in [1.807, 2.05) is 6.92 Å². The molecule has 4 heterocycles. The molecule has 0 radical (unpaired) electrons. The highest BCUT2D eigenvalue weighted by Crippen LogP contribution is 2.36. The highest BCUT2D eigenvalue weighted by atomic mass is 16.8. The number of aliphatic hydroxyl groups is 9. The quantitative estimate of drug-likeness (QED) is 0.0669. The van der Waals surface area contributed by atoms with Gasteiger partial charge in [0.05, 0.1) is 30.5 Å². The van der Waals surface area contributed by atoms with Gasteiger partial charge in [0.2, 0.25) is 0 Å². The minimum absolute atomic E-state index is 0.173. The van der Waals surface area contributed by atoms with Gasteiger partial charge in [0.1, 0.15) is 73.2 Å². The Morgan fingerprint density at radius 1 is 0.474 bits per heavy atom. The molecule has 0 spiro atoms. The molecule has 4 aliphatic heterocycles. The summed E-state index contributed by atoms with van der Waals surface area (Å²) in [5.41, 5.74) is 0. The molecule has 0 aromatic carbocycles. The summed E-state index contributed by atoms with van der Waals surface area (Å²) in [7, 11) is 0. The molecule has 0 aliphatic carbocycles. The van der Waals surface area contributed by atoms with E-state index in [4.69, 9.17) is 43.0 Å². The summed E-state index contributed by atoms with van der Waals surface area (Å²) in [6.07, 6.45) is -21.2. The summed E-state index contributed by atoms with van der Waals surface area (Å²) in [4.78, 5) is 10.7. The smallest absolute Gasteiger partial charge is 0.303 e. The van der Waals surface area contributed by atoms with Gasteiger partial charge in [-0.25, -0.2) is 0 Å². The van der Waals surface area contributed by atoms with E-state index in [9.17, 15) is 50.8 Å². The van der Waals surface area contributed by atoms with Crippen LogP contribution >= 0.6 is 0 Å². The Morgan fingerprint density at radius 3 is 1.42 bits per heavy atom. The normalized spacial score (nSPS) is 44.8. The van der Waals surface area contributed by atoms with Crippen molar-refractivity contribution in [2.24, 2.45) is 0 Å². The van der Waals surface area contributed by atoms with Crippen LogP contribution in [0.25, 0.3) is 0 Å². The molecule has 4 rings (SSSR count). The van der Waals surface area contributed by atoms with Crippen LogP contribution in [-0.2, 0) is 42.7 Å². The molecule has 0 saturated carbocycles. The number of aliphatic carboxylic acids is 1. The number of carboxylic acid groups (broad SMARTS) is 1. The summed E-state index contributed by atoms with van der Waals surface area (Å²) >= 11 is 0. The first-order valence-electron chi connectivity index (χ1n) is 20.5. The highest BCUT2D eigenvalue weighted by Gasteiger charge is 2.55. The number of hydrogen-bond donors (Lipinski definition) is 10. The maximum Gasteiger partial charge on any atom is 0.303 e. The highest BCUT2D eigenvalue weighted by molar-refractivity contribution is 5.66. The lowest BCUT2D eigenvalue weighted by Crippen LogP contribution is -2.67. The number of rotatable bonds is 20. The van der Waals surface area contributed by atoms with Crippen LogP contribution in [0.15, 0.2) is 0 Å². The summed E-state index contributed by atoms with van der Waals surface area (Å²) in [6.45, 7) is 7.93. The second kappa shape index (κ2) is 22.6. The Hall–Kier alpha value is -1.21. The van der Waals surface area contributed by atoms with Crippen molar-refractivity contribution in [3.63, 3.8) is 0 Å². The zero-order valence-electron chi connectivity index (χ0n) is 33.5. The maximum absolute atomic E-state index is 11.5. The van der Waals surface area contributed by atoms with Crippen LogP contribution in [0.3, 0.4) is 0 Å². The predicted octanol–water partition coefficient (Wildman–Crippen LogP) is -0.850. The molecule has 19 nitrogen and oxygen atoms in total. The standard InChI is InChI=1S/C38H68O19/c1-6-14-21(15-12-10-8-7-9-11-13-16-22(39)40)54-37-33(29(47)25(43)19(4)52-37)56-38-34(57-36-31(49)28(46)24(42)18(3)51-36)32(26(44)20(5)53-38)55-35-30(48)27(45)23(41)17(2)50-35/h17-21,23-38,41-49H,6-16H2,1-5H3,(H,39,40). The summed E-state index contributed by atoms with van der Waals surface area (Å²) < 4.78 is 48.5. The van der Waals surface area contributed by atoms with Crippen molar-refractivity contribution in [3.8, 4) is 0 Å². The number of hydrogen-bond acceptors (Lipinski definition) is 18. The van der Waals surface area contributed by atoms with Crippen molar-refractivity contribution >= 4 is 5.97 Å². The fourth-order valence-electron chi connectivity index (χ4n) is 7.69. The van der Waals surface area contributed by atoms with E-state index in [0.717, 1.165) is 44.9 Å². The van der Waals surface area contributed by atoms with Gasteiger partial charge >= 0.3 is 5.97 Å². The van der Waals surface area contributed by atoms with Crippen LogP contribution in [-0.4, -0.2) is 186 Å². The van der Waals surface area contributed by atoms with Crippen LogP contribution in [0, 0.1) is 0 Å². The first-order valence-corrected chi connectivity index (χ1v) is 20.5. The molecule has 19 heteroatoms. The molecule has 21 unspecified atom stereocenters. The van der Waals surface area contributed by atoms with Crippen LogP contribution < -0.4 is 0 Å². The number of aliphatic hydroxyl groups excluding tert-OH is 9. The van der Waals surface area contributed by atoms with Crippen LogP contribution in [0.5, 0.6) is 0 Å². The minimum atomic E-state index is -1.82. The molecule has 57 heavy (non-hydrogen) atoms. The Balaban J connectivity index is 1.55. The number of carboxylic acids is 1. The fraction of sp³-hybridized carbons (Fsp3) is 0.974. The van der Waals surface area contributed by atoms with Crippen molar-refractivity contribution in [1.82, 2.24) is 0 Å². The molecular weight excluding hydrogens is 760 g/mol. The minimum Gasteiger partial charge on any atom is -0.481 e. The third-order valence-corrected chi connectivity index (χ3v) is 11.4. The van der Waals surface area contributed by atoms with Gasteiger partial charge < -0.3 is 89.0 Å². The van der Waals surface area contributed by atoms with Gasteiger partial charge in [0.25, 0.3) is 0 Å². The molecule has 4 fully saturated rings. The van der Waals surface area contributed by atoms with Crippen molar-refractivity contribution in [1.29, 1.82) is 0 Å². The average Bonchev–Trinajstić information content (AvgIpc) is 3.16. The first-order chi connectivity index (χ1) is 27.0. The van der Waals surface area contributed by atoms with E-state index in [2.05, 4.69) is 0 Å². The number of carbonyl (C=O) groups is 1. The third-order valence-electron chi connectivity index (χ3n) is 11.4. The maximum atomic E-state index is 11.5. The molecule has 0 amide bonds. The Labute approximate surface area is 333 Å².